The number of hydrogen-bond acceptors (Lipinski definition) is 5. The van der Waals surface area contributed by atoms with Gasteiger partial charge in [0.15, 0.2) is 5.76 Å². The Morgan fingerprint density at radius 2 is 1.90 bits per heavy atom. The molecule has 1 aromatic heterocycles. The van der Waals surface area contributed by atoms with Crippen LogP contribution >= 0.6 is 0 Å². The maximum Gasteiger partial charge on any atom is 0.343 e. The smallest absolute Gasteiger partial charge is 0.343 e. The van der Waals surface area contributed by atoms with Crippen molar-refractivity contribution in [2.75, 3.05) is 26.2 Å². The van der Waals surface area contributed by atoms with Crippen molar-refractivity contribution >= 4 is 17.8 Å². The molecule has 6 nitrogen and oxygen atoms in total. The summed E-state index contributed by atoms with van der Waals surface area (Å²) in [6.07, 6.45) is 4.15. The molecule has 2 aliphatic rings. The lowest BCUT2D eigenvalue weighted by molar-refractivity contribution is -0.138. The van der Waals surface area contributed by atoms with Gasteiger partial charge in [-0.15, -0.1) is 0 Å². The molecule has 0 aliphatic carbocycles. The van der Waals surface area contributed by atoms with E-state index in [-0.39, 0.29) is 17.9 Å². The third-order valence-electron chi connectivity index (χ3n) is 6.04. The van der Waals surface area contributed by atoms with Crippen molar-refractivity contribution in [2.24, 2.45) is 10.4 Å². The molecule has 1 fully saturated rings. The fourth-order valence-electron chi connectivity index (χ4n) is 4.80. The van der Waals surface area contributed by atoms with Crippen LogP contribution in [0.2, 0.25) is 0 Å². The number of nitrogens with zero attached hydrogens (tertiary/aromatic N) is 3. The van der Waals surface area contributed by atoms with Gasteiger partial charge in [0.25, 0.3) is 0 Å². The van der Waals surface area contributed by atoms with Crippen molar-refractivity contribution in [3.05, 3.63) is 40.0 Å². The molecule has 31 heavy (non-hydrogen) atoms. The van der Waals surface area contributed by atoms with Crippen LogP contribution in [0.1, 0.15) is 70.5 Å². The Hall–Kier alpha value is -2.34. The largest absolute Gasteiger partial charge is 0.505 e. The molecule has 0 aromatic carbocycles. The van der Waals surface area contributed by atoms with Crippen molar-refractivity contribution in [3.8, 4) is 0 Å². The second-order valence-electron chi connectivity index (χ2n) is 9.94. The van der Waals surface area contributed by atoms with Crippen LogP contribution in [-0.2, 0) is 9.53 Å². The Labute approximate surface area is 186 Å². The van der Waals surface area contributed by atoms with E-state index in [0.717, 1.165) is 38.0 Å². The summed E-state index contributed by atoms with van der Waals surface area (Å²) in [6.45, 7) is 18.2. The number of carbonyl (C=O) groups is 1. The molecule has 3 rings (SSSR count). The van der Waals surface area contributed by atoms with Crippen molar-refractivity contribution in [1.29, 1.82) is 0 Å². The van der Waals surface area contributed by atoms with E-state index >= 15 is 0 Å². The summed E-state index contributed by atoms with van der Waals surface area (Å²) in [6, 6.07) is 2.63. The minimum atomic E-state index is -0.530. The van der Waals surface area contributed by atoms with Crippen LogP contribution in [0.25, 0.3) is 6.08 Å². The number of carbonyl (C=O) groups excluding carboxylic acids is 1. The fourth-order valence-corrected chi connectivity index (χ4v) is 4.80. The molecule has 2 aliphatic heterocycles. The first-order valence-corrected chi connectivity index (χ1v) is 11.3. The molecule has 3 heterocycles. The standard InChI is InChI=1S/C25H37N3O3/c1-8-31-24(30)22-17(3)26-21(23(22)29)14-19-13-16(2)28(18(19)4)20-9-11-27(12-10-20)15-25(5,6)7/h13-14,20,29H,8-12,15H2,1-7H3/b21-14+. The van der Waals surface area contributed by atoms with Gasteiger partial charge in [0.1, 0.15) is 11.3 Å². The second kappa shape index (κ2) is 9.03. The Bertz CT molecular complexity index is 936. The molecule has 1 N–H and O–H groups in total. The zero-order chi connectivity index (χ0) is 22.9. The number of aliphatic imine (C=N–C) groups is 1. The topological polar surface area (TPSA) is 67.1 Å². The van der Waals surface area contributed by atoms with Crippen LogP contribution in [-0.4, -0.2) is 52.5 Å². The molecular formula is C25H37N3O3. The lowest BCUT2D eigenvalue weighted by Crippen LogP contribution is -2.39. The van der Waals surface area contributed by atoms with Gasteiger partial charge in [0, 0.05) is 37.1 Å². The van der Waals surface area contributed by atoms with Crippen LogP contribution < -0.4 is 0 Å². The van der Waals surface area contributed by atoms with E-state index in [1.54, 1.807) is 13.8 Å². The van der Waals surface area contributed by atoms with Crippen molar-refractivity contribution in [1.82, 2.24) is 9.47 Å². The highest BCUT2D eigenvalue weighted by atomic mass is 16.5. The predicted molar refractivity (Wildman–Crippen MR) is 125 cm³/mol. The minimum absolute atomic E-state index is 0.101. The molecule has 0 spiro atoms. The number of piperidine rings is 1. The summed E-state index contributed by atoms with van der Waals surface area (Å²) in [5, 5.41) is 10.6. The van der Waals surface area contributed by atoms with Crippen LogP contribution in [0, 0.1) is 19.3 Å². The number of likely N-dealkylation sites (tertiary alicyclic amines) is 1. The van der Waals surface area contributed by atoms with Crippen molar-refractivity contribution < 1.29 is 14.6 Å². The first kappa shape index (κ1) is 23.3. The molecule has 1 aromatic rings. The van der Waals surface area contributed by atoms with Crippen LogP contribution in [0.4, 0.5) is 0 Å². The summed E-state index contributed by atoms with van der Waals surface area (Å²) in [7, 11) is 0. The van der Waals surface area contributed by atoms with Gasteiger partial charge in [-0.25, -0.2) is 9.79 Å². The Kier molecular flexibility index (Phi) is 6.79. The summed E-state index contributed by atoms with van der Waals surface area (Å²) in [5.74, 6) is -0.631. The number of aromatic nitrogens is 1. The van der Waals surface area contributed by atoms with E-state index in [9.17, 15) is 9.90 Å². The van der Waals surface area contributed by atoms with Gasteiger partial charge in [-0.05, 0) is 63.7 Å². The predicted octanol–water partition coefficient (Wildman–Crippen LogP) is 4.98. The molecule has 0 atom stereocenters. The molecule has 6 heteroatoms. The first-order valence-electron chi connectivity index (χ1n) is 11.3. The summed E-state index contributed by atoms with van der Waals surface area (Å²) in [4.78, 5) is 19.1. The minimum Gasteiger partial charge on any atom is -0.505 e. The molecular weight excluding hydrogens is 390 g/mol. The maximum absolute atomic E-state index is 12.2. The zero-order valence-electron chi connectivity index (χ0n) is 20.1. The fraction of sp³-hybridized carbons (Fsp3) is 0.600. The number of hydrogen-bond donors (Lipinski definition) is 1. The van der Waals surface area contributed by atoms with E-state index in [1.807, 2.05) is 6.08 Å². The Morgan fingerprint density at radius 3 is 2.48 bits per heavy atom. The summed E-state index contributed by atoms with van der Waals surface area (Å²) < 4.78 is 7.49. The average molecular weight is 428 g/mol. The zero-order valence-corrected chi connectivity index (χ0v) is 20.1. The van der Waals surface area contributed by atoms with Crippen LogP contribution in [0.15, 0.2) is 28.1 Å². The van der Waals surface area contributed by atoms with E-state index in [2.05, 4.69) is 55.1 Å². The highest BCUT2D eigenvalue weighted by Gasteiger charge is 2.29. The Morgan fingerprint density at radius 1 is 1.26 bits per heavy atom. The Balaban J connectivity index is 1.81. The van der Waals surface area contributed by atoms with Gasteiger partial charge < -0.3 is 19.3 Å². The van der Waals surface area contributed by atoms with Gasteiger partial charge in [-0.3, -0.25) is 0 Å². The molecule has 1 saturated heterocycles. The van der Waals surface area contributed by atoms with Gasteiger partial charge in [0.2, 0.25) is 0 Å². The maximum atomic E-state index is 12.2. The average Bonchev–Trinajstić information content (AvgIpc) is 3.10. The number of ether oxygens (including phenoxy) is 1. The highest BCUT2D eigenvalue weighted by molar-refractivity contribution is 6.22. The van der Waals surface area contributed by atoms with E-state index in [4.69, 9.17) is 4.74 Å². The van der Waals surface area contributed by atoms with Crippen molar-refractivity contribution in [2.45, 2.75) is 67.3 Å². The number of aliphatic hydroxyl groups is 1. The second-order valence-corrected chi connectivity index (χ2v) is 9.94. The summed E-state index contributed by atoms with van der Waals surface area (Å²) >= 11 is 0. The normalized spacial score (nSPS) is 20.0. The quantitative estimate of drug-likeness (QED) is 0.673. The van der Waals surface area contributed by atoms with Gasteiger partial charge in [0.05, 0.1) is 12.3 Å². The molecule has 0 amide bonds. The molecule has 0 radical (unpaired) electrons. The number of aliphatic hydroxyl groups excluding tert-OH is 1. The lowest BCUT2D eigenvalue weighted by atomic mass is 9.94. The van der Waals surface area contributed by atoms with Gasteiger partial charge in [-0.1, -0.05) is 20.8 Å². The lowest BCUT2D eigenvalue weighted by Gasteiger charge is -2.37. The molecule has 170 valence electrons. The van der Waals surface area contributed by atoms with E-state index in [0.29, 0.717) is 22.9 Å². The third-order valence-corrected chi connectivity index (χ3v) is 6.04. The molecule has 0 bridgehead atoms. The van der Waals surface area contributed by atoms with E-state index in [1.165, 1.54) is 11.4 Å². The monoisotopic (exact) mass is 427 g/mol. The summed E-state index contributed by atoms with van der Waals surface area (Å²) in [5.41, 5.74) is 4.80. The van der Waals surface area contributed by atoms with Gasteiger partial charge in [-0.2, -0.15) is 0 Å². The van der Waals surface area contributed by atoms with Crippen LogP contribution in [0.3, 0.4) is 0 Å². The number of rotatable bonds is 5. The molecule has 0 unspecified atom stereocenters. The van der Waals surface area contributed by atoms with Gasteiger partial charge >= 0.3 is 5.97 Å². The molecule has 0 saturated carbocycles. The van der Waals surface area contributed by atoms with Crippen LogP contribution in [0.5, 0.6) is 0 Å². The highest BCUT2D eigenvalue weighted by Crippen LogP contribution is 2.32. The van der Waals surface area contributed by atoms with Crippen molar-refractivity contribution in [3.63, 3.8) is 0 Å². The first-order chi connectivity index (χ1) is 14.5. The third kappa shape index (κ3) is 5.12. The van der Waals surface area contributed by atoms with E-state index < -0.39 is 5.97 Å². The number of aryl methyl sites for hydroxylation is 1. The number of esters is 1. The SMILES string of the molecule is CCOC(=O)C1=C(O)/C(=C\c2cc(C)n(C3CCN(CC(C)(C)C)CC3)c2C)N=C1C.